The van der Waals surface area contributed by atoms with Crippen molar-refractivity contribution in [3.63, 3.8) is 0 Å². The molecule has 8 heteroatoms. The highest BCUT2D eigenvalue weighted by atomic mass is 127. The molecule has 1 N–H and O–H groups in total. The van der Waals surface area contributed by atoms with Crippen LogP contribution in [0, 0.1) is 0 Å². The maximum Gasteiger partial charge on any atom is 0.242 e. The first-order chi connectivity index (χ1) is 14.6. The number of nitrogens with one attached hydrogen (secondary N) is 1. The third kappa shape index (κ3) is 9.74. The van der Waals surface area contributed by atoms with Crippen LogP contribution in [0.1, 0.15) is 44.7 Å². The number of aliphatic imine (C=N–C) groups is 1. The first-order valence-corrected chi connectivity index (χ1v) is 11.1. The van der Waals surface area contributed by atoms with Gasteiger partial charge in [0.25, 0.3) is 0 Å². The zero-order chi connectivity index (χ0) is 21.8. The molecular weight excluding hydrogens is 507 g/mol. The van der Waals surface area contributed by atoms with Crippen LogP contribution in [0.2, 0.25) is 0 Å². The quantitative estimate of drug-likeness (QED) is 0.277. The SMILES string of the molecule is CCNC(=NCc1cccc(COC2CCOCC2)c1)N(C)CC(=O)N(CC)CC.I. The lowest BCUT2D eigenvalue weighted by Crippen LogP contribution is -2.45. The minimum absolute atomic E-state index is 0. The Morgan fingerprint density at radius 1 is 1.19 bits per heavy atom. The highest BCUT2D eigenvalue weighted by molar-refractivity contribution is 14.0. The highest BCUT2D eigenvalue weighted by Crippen LogP contribution is 2.14. The van der Waals surface area contributed by atoms with Crippen molar-refractivity contribution in [1.82, 2.24) is 15.1 Å². The molecule has 1 aromatic carbocycles. The average molecular weight is 546 g/mol. The predicted molar refractivity (Wildman–Crippen MR) is 136 cm³/mol. The fraction of sp³-hybridized carbons (Fsp3) is 0.652. The summed E-state index contributed by atoms with van der Waals surface area (Å²) in [5, 5.41) is 3.28. The predicted octanol–water partition coefficient (Wildman–Crippen LogP) is 3.27. The second-order valence-electron chi connectivity index (χ2n) is 7.53. The van der Waals surface area contributed by atoms with Gasteiger partial charge in [-0.3, -0.25) is 4.79 Å². The van der Waals surface area contributed by atoms with Gasteiger partial charge >= 0.3 is 0 Å². The second kappa shape index (κ2) is 15.4. The van der Waals surface area contributed by atoms with Crippen LogP contribution in [0.15, 0.2) is 29.3 Å². The highest BCUT2D eigenvalue weighted by Gasteiger charge is 2.16. The van der Waals surface area contributed by atoms with Crippen molar-refractivity contribution in [1.29, 1.82) is 0 Å². The van der Waals surface area contributed by atoms with Gasteiger partial charge in [-0.15, -0.1) is 24.0 Å². The van der Waals surface area contributed by atoms with Crippen LogP contribution in [0.5, 0.6) is 0 Å². The Morgan fingerprint density at radius 3 is 2.52 bits per heavy atom. The maximum atomic E-state index is 12.4. The normalized spacial score (nSPS) is 14.6. The van der Waals surface area contributed by atoms with Gasteiger partial charge < -0.3 is 24.6 Å². The zero-order valence-electron chi connectivity index (χ0n) is 19.4. The number of carbonyl (C=O) groups is 1. The lowest BCUT2D eigenvalue weighted by molar-refractivity contribution is -0.131. The molecule has 0 aliphatic carbocycles. The number of guanidine groups is 1. The van der Waals surface area contributed by atoms with Crippen LogP contribution in [0.25, 0.3) is 0 Å². The molecule has 0 radical (unpaired) electrons. The second-order valence-corrected chi connectivity index (χ2v) is 7.53. The Labute approximate surface area is 204 Å². The van der Waals surface area contributed by atoms with Crippen molar-refractivity contribution >= 4 is 35.8 Å². The van der Waals surface area contributed by atoms with Gasteiger partial charge in [0.15, 0.2) is 5.96 Å². The number of benzene rings is 1. The topological polar surface area (TPSA) is 66.4 Å². The molecule has 0 atom stereocenters. The van der Waals surface area contributed by atoms with E-state index in [1.807, 2.05) is 43.7 Å². The smallest absolute Gasteiger partial charge is 0.242 e. The van der Waals surface area contributed by atoms with Crippen molar-refractivity contribution in [2.45, 2.75) is 52.9 Å². The summed E-state index contributed by atoms with van der Waals surface area (Å²) in [6.45, 7) is 11.3. The molecule has 7 nitrogen and oxygen atoms in total. The average Bonchev–Trinajstić information content (AvgIpc) is 2.77. The molecule has 0 bridgehead atoms. The van der Waals surface area contributed by atoms with Gasteiger partial charge in [0.1, 0.15) is 0 Å². The fourth-order valence-corrected chi connectivity index (χ4v) is 3.46. The molecule has 2 rings (SSSR count). The molecule has 1 aliphatic heterocycles. The third-order valence-corrected chi connectivity index (χ3v) is 5.24. The van der Waals surface area contributed by atoms with Crippen molar-refractivity contribution in [2.75, 3.05) is 46.4 Å². The molecule has 0 aromatic heterocycles. The van der Waals surface area contributed by atoms with E-state index in [4.69, 9.17) is 14.5 Å². The lowest BCUT2D eigenvalue weighted by atomic mass is 10.1. The Morgan fingerprint density at radius 2 is 1.87 bits per heavy atom. The maximum absolute atomic E-state index is 12.4. The number of nitrogens with zero attached hydrogens (tertiary/aromatic N) is 3. The molecule has 1 amide bonds. The number of carbonyl (C=O) groups excluding carboxylic acids is 1. The van der Waals surface area contributed by atoms with Crippen molar-refractivity contribution in [3.8, 4) is 0 Å². The number of hydrogen-bond acceptors (Lipinski definition) is 4. The van der Waals surface area contributed by atoms with E-state index >= 15 is 0 Å². The van der Waals surface area contributed by atoms with E-state index in [-0.39, 0.29) is 36.0 Å². The number of amides is 1. The number of halogens is 1. The number of hydrogen-bond donors (Lipinski definition) is 1. The summed E-state index contributed by atoms with van der Waals surface area (Å²) in [6.07, 6.45) is 2.22. The van der Waals surface area contributed by atoms with Crippen LogP contribution >= 0.6 is 24.0 Å². The molecule has 1 heterocycles. The van der Waals surface area contributed by atoms with Crippen molar-refractivity contribution in [2.24, 2.45) is 4.99 Å². The molecule has 1 aliphatic rings. The van der Waals surface area contributed by atoms with Crippen molar-refractivity contribution in [3.05, 3.63) is 35.4 Å². The molecule has 0 spiro atoms. The number of rotatable bonds is 10. The molecule has 0 unspecified atom stereocenters. The van der Waals surface area contributed by atoms with Crippen LogP contribution < -0.4 is 5.32 Å². The Hall–Kier alpha value is -1.39. The van der Waals surface area contributed by atoms with Crippen LogP contribution in [0.3, 0.4) is 0 Å². The van der Waals surface area contributed by atoms with E-state index in [2.05, 4.69) is 23.5 Å². The van der Waals surface area contributed by atoms with E-state index in [0.717, 1.165) is 62.8 Å². The molecule has 1 saturated heterocycles. The lowest BCUT2D eigenvalue weighted by Gasteiger charge is -2.25. The van der Waals surface area contributed by atoms with E-state index in [1.54, 1.807) is 0 Å². The van der Waals surface area contributed by atoms with Gasteiger partial charge in [-0.1, -0.05) is 24.3 Å². The van der Waals surface area contributed by atoms with Gasteiger partial charge in [-0.25, -0.2) is 4.99 Å². The van der Waals surface area contributed by atoms with Crippen LogP contribution in [0.4, 0.5) is 0 Å². The van der Waals surface area contributed by atoms with E-state index in [9.17, 15) is 4.79 Å². The molecule has 176 valence electrons. The Bertz CT molecular complexity index is 677. The van der Waals surface area contributed by atoms with Gasteiger partial charge in [-0.05, 0) is 44.7 Å². The van der Waals surface area contributed by atoms with E-state index < -0.39 is 0 Å². The minimum atomic E-state index is 0. The summed E-state index contributed by atoms with van der Waals surface area (Å²) in [6, 6.07) is 8.36. The van der Waals surface area contributed by atoms with Gasteiger partial charge in [0, 0.05) is 39.9 Å². The standard InChI is InChI=1S/C23H38N4O3.HI/c1-5-24-23(26(4)17-22(28)27(6-2)7-3)25-16-19-9-8-10-20(15-19)18-30-21-11-13-29-14-12-21;/h8-10,15,21H,5-7,11-14,16-18H2,1-4H3,(H,24,25);1H. The third-order valence-electron chi connectivity index (χ3n) is 5.24. The van der Waals surface area contributed by atoms with Crippen LogP contribution in [-0.4, -0.2) is 74.2 Å². The molecule has 1 aromatic rings. The van der Waals surface area contributed by atoms with E-state index in [0.29, 0.717) is 19.7 Å². The Balaban J connectivity index is 0.00000480. The number of ether oxygens (including phenoxy) is 2. The summed E-state index contributed by atoms with van der Waals surface area (Å²) in [4.78, 5) is 20.9. The first kappa shape index (κ1) is 27.6. The summed E-state index contributed by atoms with van der Waals surface area (Å²) in [5.74, 6) is 0.849. The van der Waals surface area contributed by atoms with Gasteiger partial charge in [0.05, 0.1) is 25.8 Å². The monoisotopic (exact) mass is 546 g/mol. The van der Waals surface area contributed by atoms with Gasteiger partial charge in [0.2, 0.25) is 5.91 Å². The molecule has 0 saturated carbocycles. The zero-order valence-corrected chi connectivity index (χ0v) is 21.8. The number of likely N-dealkylation sites (N-methyl/N-ethyl adjacent to an activating group) is 2. The summed E-state index contributed by atoms with van der Waals surface area (Å²) >= 11 is 0. The summed E-state index contributed by atoms with van der Waals surface area (Å²) < 4.78 is 11.4. The van der Waals surface area contributed by atoms with Crippen molar-refractivity contribution < 1.29 is 14.3 Å². The van der Waals surface area contributed by atoms with Crippen LogP contribution in [-0.2, 0) is 27.4 Å². The fourth-order valence-electron chi connectivity index (χ4n) is 3.46. The Kier molecular flexibility index (Phi) is 13.7. The first-order valence-electron chi connectivity index (χ1n) is 11.1. The summed E-state index contributed by atoms with van der Waals surface area (Å²) in [7, 11) is 1.90. The largest absolute Gasteiger partial charge is 0.381 e. The van der Waals surface area contributed by atoms with E-state index in [1.165, 1.54) is 0 Å². The molecular formula is C23H39IN4O3. The van der Waals surface area contributed by atoms with Gasteiger partial charge in [-0.2, -0.15) is 0 Å². The summed E-state index contributed by atoms with van der Waals surface area (Å²) in [5.41, 5.74) is 2.28. The molecule has 1 fully saturated rings. The molecule has 31 heavy (non-hydrogen) atoms. The minimum Gasteiger partial charge on any atom is -0.381 e.